The number of aliphatic hydroxyl groups excluding tert-OH is 1. The summed E-state index contributed by atoms with van der Waals surface area (Å²) < 4.78 is 5.11. The van der Waals surface area contributed by atoms with Gasteiger partial charge in [-0.15, -0.1) is 0 Å². The molecule has 2 N–H and O–H groups in total. The normalized spacial score (nSPS) is 28.3. The van der Waals surface area contributed by atoms with Crippen LogP contribution in [0.3, 0.4) is 0 Å². The number of nitrogens with zero attached hydrogens (tertiary/aromatic N) is 2. The maximum atomic E-state index is 13.6. The lowest BCUT2D eigenvalue weighted by molar-refractivity contribution is -0.139. The molecule has 2 saturated heterocycles. The fraction of sp³-hybridized carbons (Fsp3) is 0.680. The van der Waals surface area contributed by atoms with E-state index in [-0.39, 0.29) is 11.5 Å². The Balaban J connectivity index is 1.42. The lowest BCUT2D eigenvalue weighted by Gasteiger charge is -2.42. The third-order valence-corrected chi connectivity index (χ3v) is 7.45. The van der Waals surface area contributed by atoms with Gasteiger partial charge in [0, 0.05) is 37.1 Å². The van der Waals surface area contributed by atoms with Gasteiger partial charge in [0.15, 0.2) is 0 Å². The van der Waals surface area contributed by atoms with Gasteiger partial charge in [-0.2, -0.15) is 0 Å². The quantitative estimate of drug-likeness (QED) is 0.717. The second kappa shape index (κ2) is 9.69. The number of nitrogens with one attached hydrogen (secondary N) is 1. The van der Waals surface area contributed by atoms with Crippen molar-refractivity contribution in [2.75, 3.05) is 36.5 Å². The van der Waals surface area contributed by atoms with E-state index in [1.165, 1.54) is 0 Å². The number of rotatable bonds is 5. The monoisotopic (exact) mass is 443 g/mol. The zero-order valence-electron chi connectivity index (χ0n) is 19.4. The zero-order valence-corrected chi connectivity index (χ0v) is 19.4. The van der Waals surface area contributed by atoms with Gasteiger partial charge in [0.25, 0.3) is 0 Å². The predicted octanol–water partition coefficient (Wildman–Crippen LogP) is 4.08. The van der Waals surface area contributed by atoms with Crippen molar-refractivity contribution in [1.29, 1.82) is 0 Å². The minimum Gasteiger partial charge on any atom is -0.449 e. The van der Waals surface area contributed by atoms with Crippen molar-refractivity contribution >= 4 is 23.4 Å². The molecule has 1 atom stereocenters. The molecule has 2 aliphatic heterocycles. The molecule has 1 aromatic carbocycles. The largest absolute Gasteiger partial charge is 0.449 e. The summed E-state index contributed by atoms with van der Waals surface area (Å²) >= 11 is 0. The first kappa shape index (κ1) is 22.9. The molecule has 7 nitrogen and oxygen atoms in total. The van der Waals surface area contributed by atoms with Crippen molar-refractivity contribution in [3.63, 3.8) is 0 Å². The third kappa shape index (κ3) is 4.72. The van der Waals surface area contributed by atoms with E-state index in [2.05, 4.69) is 22.0 Å². The van der Waals surface area contributed by atoms with E-state index in [9.17, 15) is 14.7 Å². The maximum Gasteiger partial charge on any atom is 0.411 e. The minimum absolute atomic E-state index is 0.197. The highest BCUT2D eigenvalue weighted by atomic mass is 16.5. The van der Waals surface area contributed by atoms with E-state index in [1.54, 1.807) is 0 Å². The van der Waals surface area contributed by atoms with E-state index >= 15 is 0 Å². The van der Waals surface area contributed by atoms with E-state index in [4.69, 9.17) is 4.74 Å². The van der Waals surface area contributed by atoms with Crippen molar-refractivity contribution in [2.45, 2.75) is 77.4 Å². The summed E-state index contributed by atoms with van der Waals surface area (Å²) in [6, 6.07) is 6.22. The molecule has 176 valence electrons. The smallest absolute Gasteiger partial charge is 0.411 e. The summed E-state index contributed by atoms with van der Waals surface area (Å²) in [6.45, 7) is 6.96. The summed E-state index contributed by atoms with van der Waals surface area (Å²) in [7, 11) is 0. The summed E-state index contributed by atoms with van der Waals surface area (Å²) in [5, 5.41) is 12.6. The second-order valence-corrected chi connectivity index (χ2v) is 9.78. The number of carbonyl (C=O) groups is 2. The second-order valence-electron chi connectivity index (χ2n) is 9.78. The van der Waals surface area contributed by atoms with Gasteiger partial charge in [0.1, 0.15) is 0 Å². The molecule has 2 heterocycles. The zero-order chi connectivity index (χ0) is 22.7. The van der Waals surface area contributed by atoms with Gasteiger partial charge >= 0.3 is 6.09 Å². The third-order valence-electron chi connectivity index (χ3n) is 7.45. The number of ether oxygens (including phenoxy) is 1. The van der Waals surface area contributed by atoms with Crippen LogP contribution in [0.1, 0.15) is 63.9 Å². The lowest BCUT2D eigenvalue weighted by atomic mass is 9.78. The molecule has 1 saturated carbocycles. The van der Waals surface area contributed by atoms with E-state index in [1.807, 2.05) is 25.1 Å². The number of anilines is 2. The van der Waals surface area contributed by atoms with E-state index in [0.717, 1.165) is 87.9 Å². The fourth-order valence-electron chi connectivity index (χ4n) is 5.72. The molecule has 0 bridgehead atoms. The predicted molar refractivity (Wildman–Crippen MR) is 125 cm³/mol. The Kier molecular flexibility index (Phi) is 6.93. The molecule has 0 radical (unpaired) electrons. The number of benzene rings is 1. The molecule has 0 unspecified atom stereocenters. The average molecular weight is 444 g/mol. The molecule has 7 heteroatoms. The van der Waals surface area contributed by atoms with Gasteiger partial charge in [-0.25, -0.2) is 4.79 Å². The number of aliphatic hydroxyl groups is 1. The van der Waals surface area contributed by atoms with Crippen LogP contribution < -0.4 is 10.2 Å². The van der Waals surface area contributed by atoms with Gasteiger partial charge in [-0.1, -0.05) is 6.92 Å². The SMILES string of the molecule is CCCOC(=O)Nc1ccc(N2CCC[C@@]3(CCN(C4CCC(O)CC4)C3=O)C2)c(C)c1. The van der Waals surface area contributed by atoms with Crippen molar-refractivity contribution < 1.29 is 19.4 Å². The number of carbonyl (C=O) groups excluding carboxylic acids is 2. The molecule has 1 aliphatic carbocycles. The Hall–Kier alpha value is -2.28. The number of piperidine rings is 1. The lowest BCUT2D eigenvalue weighted by Crippen LogP contribution is -2.50. The van der Waals surface area contributed by atoms with Crippen molar-refractivity contribution in [3.8, 4) is 0 Å². The molecule has 1 aromatic rings. The highest BCUT2D eigenvalue weighted by Crippen LogP contribution is 2.44. The highest BCUT2D eigenvalue weighted by molar-refractivity contribution is 5.87. The Morgan fingerprint density at radius 3 is 2.72 bits per heavy atom. The topological polar surface area (TPSA) is 82.1 Å². The molecule has 1 spiro atoms. The van der Waals surface area contributed by atoms with Crippen LogP contribution in [0.2, 0.25) is 0 Å². The van der Waals surface area contributed by atoms with Crippen LogP contribution >= 0.6 is 0 Å². The molecule has 4 rings (SSSR count). The molecule has 2 amide bonds. The van der Waals surface area contributed by atoms with Crippen LogP contribution in [0.15, 0.2) is 18.2 Å². The highest BCUT2D eigenvalue weighted by Gasteiger charge is 2.50. The Morgan fingerprint density at radius 1 is 1.22 bits per heavy atom. The van der Waals surface area contributed by atoms with Crippen molar-refractivity contribution in [1.82, 2.24) is 4.90 Å². The number of hydrogen-bond donors (Lipinski definition) is 2. The van der Waals surface area contributed by atoms with Crippen LogP contribution in [0.4, 0.5) is 16.2 Å². The summed E-state index contributed by atoms with van der Waals surface area (Å²) in [6.07, 6.45) is 6.49. The number of likely N-dealkylation sites (tertiary alicyclic amines) is 1. The van der Waals surface area contributed by atoms with E-state index in [0.29, 0.717) is 18.6 Å². The molecule has 0 aromatic heterocycles. The fourth-order valence-corrected chi connectivity index (χ4v) is 5.72. The van der Waals surface area contributed by atoms with Crippen molar-refractivity contribution in [2.24, 2.45) is 5.41 Å². The Morgan fingerprint density at radius 2 is 2.00 bits per heavy atom. The molecule has 32 heavy (non-hydrogen) atoms. The molecular formula is C25H37N3O4. The van der Waals surface area contributed by atoms with E-state index < -0.39 is 6.09 Å². The Bertz CT molecular complexity index is 836. The first-order valence-electron chi connectivity index (χ1n) is 12.2. The van der Waals surface area contributed by atoms with Gasteiger partial charge in [-0.3, -0.25) is 10.1 Å². The van der Waals surface area contributed by atoms with Crippen LogP contribution in [-0.4, -0.2) is 60.4 Å². The standard InChI is InChI=1S/C25H37N3O4/c1-3-15-32-24(31)26-19-5-10-22(18(2)16-19)27-13-4-11-25(17-27)12-14-28(23(25)30)20-6-8-21(29)9-7-20/h5,10,16,20-21,29H,3-4,6-9,11-15,17H2,1-2H3,(H,26,31)/t20?,21?,25-/m1/s1. The number of hydrogen-bond acceptors (Lipinski definition) is 5. The first-order valence-corrected chi connectivity index (χ1v) is 12.2. The summed E-state index contributed by atoms with van der Waals surface area (Å²) in [5.41, 5.74) is 2.64. The molecular weight excluding hydrogens is 406 g/mol. The Labute approximate surface area is 191 Å². The minimum atomic E-state index is -0.428. The molecule has 3 aliphatic rings. The van der Waals surface area contributed by atoms with Crippen LogP contribution in [0, 0.1) is 12.3 Å². The van der Waals surface area contributed by atoms with Crippen LogP contribution in [-0.2, 0) is 9.53 Å². The van der Waals surface area contributed by atoms with Crippen LogP contribution in [0.25, 0.3) is 0 Å². The average Bonchev–Trinajstić information content (AvgIpc) is 3.08. The van der Waals surface area contributed by atoms with Gasteiger partial charge in [-0.05, 0) is 82.1 Å². The maximum absolute atomic E-state index is 13.6. The summed E-state index contributed by atoms with van der Waals surface area (Å²) in [4.78, 5) is 29.9. The summed E-state index contributed by atoms with van der Waals surface area (Å²) in [5.74, 6) is 0.318. The molecule has 3 fully saturated rings. The van der Waals surface area contributed by atoms with Gasteiger partial charge in [0.05, 0.1) is 18.1 Å². The van der Waals surface area contributed by atoms with Crippen LogP contribution in [0.5, 0.6) is 0 Å². The van der Waals surface area contributed by atoms with Crippen molar-refractivity contribution in [3.05, 3.63) is 23.8 Å². The number of amides is 2. The van der Waals surface area contributed by atoms with Gasteiger partial charge in [0.2, 0.25) is 5.91 Å². The number of aryl methyl sites for hydroxylation is 1. The first-order chi connectivity index (χ1) is 15.4. The van der Waals surface area contributed by atoms with Gasteiger partial charge < -0.3 is 19.6 Å².